The predicted octanol–water partition coefficient (Wildman–Crippen LogP) is 1.66. The van der Waals surface area contributed by atoms with E-state index in [1.54, 1.807) is 0 Å². The molecule has 0 aliphatic rings. The van der Waals surface area contributed by atoms with E-state index in [2.05, 4.69) is 27.8 Å². The first-order valence-electron chi connectivity index (χ1n) is 6.77. The number of hydrogen-bond acceptors (Lipinski definition) is 5. The molecule has 0 radical (unpaired) electrons. The summed E-state index contributed by atoms with van der Waals surface area (Å²) in [5.74, 6) is -0.0812. The lowest BCUT2D eigenvalue weighted by atomic mass is 10.2. The van der Waals surface area contributed by atoms with E-state index >= 15 is 0 Å². The molecule has 20 heavy (non-hydrogen) atoms. The molecule has 0 bridgehead atoms. The molecule has 4 N–H and O–H groups in total. The van der Waals surface area contributed by atoms with Gasteiger partial charge in [0.2, 0.25) is 11.0 Å². The highest BCUT2D eigenvalue weighted by molar-refractivity contribution is 7.15. The standard InChI is InChI=1S/C12H21N5O2S/c1-2-3-7-10-16-17-12(20-10)15-9(18)6-4-5-8-14-11(13)19/h2-8H2,1H3,(H3,13,14,19)(H,15,17,18). The fourth-order valence-corrected chi connectivity index (χ4v) is 2.33. The van der Waals surface area contributed by atoms with E-state index in [1.165, 1.54) is 11.3 Å². The zero-order valence-electron chi connectivity index (χ0n) is 11.6. The molecule has 1 aromatic rings. The van der Waals surface area contributed by atoms with E-state index in [9.17, 15) is 9.59 Å². The Morgan fingerprint density at radius 3 is 2.75 bits per heavy atom. The third-order valence-electron chi connectivity index (χ3n) is 2.59. The van der Waals surface area contributed by atoms with Crippen LogP contribution in [0.25, 0.3) is 0 Å². The van der Waals surface area contributed by atoms with E-state index in [-0.39, 0.29) is 5.91 Å². The van der Waals surface area contributed by atoms with Crippen LogP contribution in [-0.2, 0) is 11.2 Å². The smallest absolute Gasteiger partial charge is 0.312 e. The summed E-state index contributed by atoms with van der Waals surface area (Å²) in [5.41, 5.74) is 4.93. The monoisotopic (exact) mass is 299 g/mol. The number of anilines is 1. The quantitative estimate of drug-likeness (QED) is 0.602. The van der Waals surface area contributed by atoms with Crippen molar-refractivity contribution in [2.75, 3.05) is 11.9 Å². The predicted molar refractivity (Wildman–Crippen MR) is 78.6 cm³/mol. The first kappa shape index (κ1) is 16.4. The van der Waals surface area contributed by atoms with Crippen molar-refractivity contribution < 1.29 is 9.59 Å². The summed E-state index contributed by atoms with van der Waals surface area (Å²) in [5, 5.41) is 14.7. The zero-order chi connectivity index (χ0) is 14.8. The van der Waals surface area contributed by atoms with E-state index in [0.29, 0.717) is 30.9 Å². The van der Waals surface area contributed by atoms with Crippen LogP contribution in [0.2, 0.25) is 0 Å². The number of nitrogens with zero attached hydrogens (tertiary/aromatic N) is 2. The highest BCUT2D eigenvalue weighted by Gasteiger charge is 2.07. The molecule has 7 nitrogen and oxygen atoms in total. The number of unbranched alkanes of at least 4 members (excludes halogenated alkanes) is 2. The van der Waals surface area contributed by atoms with E-state index in [1.807, 2.05) is 0 Å². The van der Waals surface area contributed by atoms with Crippen molar-refractivity contribution in [3.05, 3.63) is 5.01 Å². The molecule has 0 saturated heterocycles. The number of aryl methyl sites for hydroxylation is 1. The maximum absolute atomic E-state index is 11.6. The van der Waals surface area contributed by atoms with E-state index in [0.717, 1.165) is 24.3 Å². The molecule has 3 amide bonds. The molecular weight excluding hydrogens is 278 g/mol. The van der Waals surface area contributed by atoms with Crippen molar-refractivity contribution in [2.45, 2.75) is 45.4 Å². The second kappa shape index (κ2) is 9.24. The largest absolute Gasteiger partial charge is 0.352 e. The van der Waals surface area contributed by atoms with Crippen molar-refractivity contribution in [3.8, 4) is 0 Å². The molecule has 1 aromatic heterocycles. The second-order valence-corrected chi connectivity index (χ2v) is 5.46. The number of urea groups is 1. The van der Waals surface area contributed by atoms with Crippen LogP contribution in [0, 0.1) is 0 Å². The average molecular weight is 299 g/mol. The molecule has 0 saturated carbocycles. The third-order valence-corrected chi connectivity index (χ3v) is 3.49. The number of aromatic nitrogens is 2. The van der Waals surface area contributed by atoms with Crippen LogP contribution < -0.4 is 16.4 Å². The normalized spacial score (nSPS) is 10.2. The maximum Gasteiger partial charge on any atom is 0.312 e. The Kier molecular flexibility index (Phi) is 7.56. The number of carbonyl (C=O) groups is 2. The lowest BCUT2D eigenvalue weighted by Crippen LogP contribution is -2.30. The van der Waals surface area contributed by atoms with Crippen molar-refractivity contribution >= 4 is 28.4 Å². The van der Waals surface area contributed by atoms with Crippen LogP contribution in [0.15, 0.2) is 0 Å². The molecular formula is C12H21N5O2S. The second-order valence-electron chi connectivity index (χ2n) is 4.40. The number of nitrogens with one attached hydrogen (secondary N) is 2. The van der Waals surface area contributed by atoms with Gasteiger partial charge in [-0.3, -0.25) is 4.79 Å². The summed E-state index contributed by atoms with van der Waals surface area (Å²) < 4.78 is 0. The van der Waals surface area contributed by atoms with Crippen molar-refractivity contribution in [2.24, 2.45) is 5.73 Å². The van der Waals surface area contributed by atoms with Gasteiger partial charge in [0.25, 0.3) is 0 Å². The SMILES string of the molecule is CCCCc1nnc(NC(=O)CCCCNC(N)=O)s1. The highest BCUT2D eigenvalue weighted by Crippen LogP contribution is 2.17. The highest BCUT2D eigenvalue weighted by atomic mass is 32.1. The molecule has 0 aliphatic heterocycles. The Balaban J connectivity index is 2.18. The number of carbonyl (C=O) groups excluding carboxylic acids is 2. The van der Waals surface area contributed by atoms with Crippen molar-refractivity contribution in [3.63, 3.8) is 0 Å². The molecule has 8 heteroatoms. The average Bonchev–Trinajstić information content (AvgIpc) is 2.83. The van der Waals surface area contributed by atoms with Crippen LogP contribution in [0.1, 0.15) is 44.0 Å². The van der Waals surface area contributed by atoms with Gasteiger partial charge in [-0.15, -0.1) is 10.2 Å². The molecule has 1 heterocycles. The lowest BCUT2D eigenvalue weighted by Gasteiger charge is -2.02. The minimum absolute atomic E-state index is 0.0812. The first-order chi connectivity index (χ1) is 9.61. The summed E-state index contributed by atoms with van der Waals surface area (Å²) in [6.45, 7) is 2.61. The number of nitrogens with two attached hydrogens (primary N) is 1. The fourth-order valence-electron chi connectivity index (χ4n) is 1.54. The summed E-state index contributed by atoms with van der Waals surface area (Å²) >= 11 is 1.42. The van der Waals surface area contributed by atoms with Crippen molar-refractivity contribution in [1.29, 1.82) is 0 Å². The minimum atomic E-state index is -0.539. The van der Waals surface area contributed by atoms with Gasteiger partial charge in [-0.05, 0) is 19.3 Å². The van der Waals surface area contributed by atoms with E-state index < -0.39 is 6.03 Å². The Morgan fingerprint density at radius 1 is 1.25 bits per heavy atom. The van der Waals surface area contributed by atoms with Gasteiger partial charge < -0.3 is 16.4 Å². The molecule has 112 valence electrons. The molecule has 0 spiro atoms. The number of hydrogen-bond donors (Lipinski definition) is 3. The van der Waals surface area contributed by atoms with E-state index in [4.69, 9.17) is 5.73 Å². The van der Waals surface area contributed by atoms with Gasteiger partial charge in [0.05, 0.1) is 0 Å². The van der Waals surface area contributed by atoms with Gasteiger partial charge in [-0.1, -0.05) is 24.7 Å². The van der Waals surface area contributed by atoms with Gasteiger partial charge >= 0.3 is 6.03 Å². The minimum Gasteiger partial charge on any atom is -0.352 e. The molecule has 0 fully saturated rings. The van der Waals surface area contributed by atoms with Crippen LogP contribution in [0.4, 0.5) is 9.93 Å². The van der Waals surface area contributed by atoms with Gasteiger partial charge in [-0.2, -0.15) is 0 Å². The summed E-state index contributed by atoms with van der Waals surface area (Å²) in [6.07, 6.45) is 4.89. The summed E-state index contributed by atoms with van der Waals surface area (Å²) in [6, 6.07) is -0.539. The van der Waals surface area contributed by atoms with Crippen LogP contribution >= 0.6 is 11.3 Å². The topological polar surface area (TPSA) is 110 Å². The number of rotatable bonds is 9. The Bertz CT molecular complexity index is 435. The molecule has 1 rings (SSSR count). The molecule has 0 aromatic carbocycles. The third kappa shape index (κ3) is 7.03. The van der Waals surface area contributed by atoms with Gasteiger partial charge in [-0.25, -0.2) is 4.79 Å². The summed E-state index contributed by atoms with van der Waals surface area (Å²) in [7, 11) is 0. The van der Waals surface area contributed by atoms with Crippen LogP contribution in [-0.4, -0.2) is 28.7 Å². The summed E-state index contributed by atoms with van der Waals surface area (Å²) in [4.78, 5) is 22.1. The van der Waals surface area contributed by atoms with Crippen LogP contribution in [0.3, 0.4) is 0 Å². The van der Waals surface area contributed by atoms with Gasteiger partial charge in [0.1, 0.15) is 5.01 Å². The molecule has 0 aliphatic carbocycles. The van der Waals surface area contributed by atoms with Crippen LogP contribution in [0.5, 0.6) is 0 Å². The Hall–Kier alpha value is -1.70. The van der Waals surface area contributed by atoms with Gasteiger partial charge in [0, 0.05) is 19.4 Å². The Morgan fingerprint density at radius 2 is 2.05 bits per heavy atom. The maximum atomic E-state index is 11.6. The van der Waals surface area contributed by atoms with Gasteiger partial charge in [0.15, 0.2) is 0 Å². The number of amides is 3. The molecule has 0 unspecified atom stereocenters. The Labute approximate surface area is 122 Å². The van der Waals surface area contributed by atoms with Crippen molar-refractivity contribution in [1.82, 2.24) is 15.5 Å². The number of primary amides is 1. The first-order valence-corrected chi connectivity index (χ1v) is 7.59. The fraction of sp³-hybridized carbons (Fsp3) is 0.667. The zero-order valence-corrected chi connectivity index (χ0v) is 12.5. The molecule has 0 atom stereocenters. The lowest BCUT2D eigenvalue weighted by molar-refractivity contribution is -0.116.